The molecule has 0 bridgehead atoms. The van der Waals surface area contributed by atoms with Gasteiger partial charge in [-0.2, -0.15) is 52.7 Å². The standard InChI is InChI=1S/C16H20F16NO3P/c1-7(2)33(8(3)4)37(34,35-5-11(21,22)15(29,30)13(25,26)9(17)18)36-6-12(23,24)16(31,32)14(27,28)10(19)20/h7-10H,5-6H2,1-4H3. The zero-order valence-electron chi connectivity index (χ0n) is 18.9. The van der Waals surface area contributed by atoms with Crippen molar-refractivity contribution in [3.05, 3.63) is 0 Å². The van der Waals surface area contributed by atoms with Crippen LogP contribution in [0.2, 0.25) is 0 Å². The van der Waals surface area contributed by atoms with Crippen molar-refractivity contribution in [3.8, 4) is 0 Å². The van der Waals surface area contributed by atoms with Gasteiger partial charge >= 0.3 is 56.1 Å². The molecule has 0 rings (SSSR count). The molecule has 0 aliphatic heterocycles. The highest BCUT2D eigenvalue weighted by Gasteiger charge is 2.77. The number of hydrogen-bond donors (Lipinski definition) is 0. The van der Waals surface area contributed by atoms with Crippen LogP contribution in [0.25, 0.3) is 0 Å². The highest BCUT2D eigenvalue weighted by atomic mass is 31.2. The van der Waals surface area contributed by atoms with Gasteiger partial charge in [-0.15, -0.1) is 0 Å². The van der Waals surface area contributed by atoms with E-state index >= 15 is 0 Å². The second kappa shape index (κ2) is 11.2. The number of halogens is 16. The van der Waals surface area contributed by atoms with Crippen molar-refractivity contribution in [2.75, 3.05) is 13.2 Å². The average Bonchev–Trinajstić information content (AvgIpc) is 2.69. The Labute approximate surface area is 198 Å². The SMILES string of the molecule is CC(C)N(C(C)C)P(=O)(OCC(F)(F)C(F)(F)C(F)(F)C(F)F)OCC(F)(F)C(F)(F)C(F)(F)C(F)F. The van der Waals surface area contributed by atoms with Crippen molar-refractivity contribution in [1.82, 2.24) is 4.67 Å². The number of alkyl halides is 16. The molecular formula is C16H20F16NO3P. The third-order valence-electron chi connectivity index (χ3n) is 4.46. The Hall–Kier alpha value is -1.01. The second-order valence-corrected chi connectivity index (χ2v) is 9.90. The molecule has 0 N–H and O–H groups in total. The minimum Gasteiger partial charge on any atom is -0.290 e. The Morgan fingerprint density at radius 1 is 0.595 bits per heavy atom. The van der Waals surface area contributed by atoms with Gasteiger partial charge in [0, 0.05) is 12.1 Å². The minimum absolute atomic E-state index is 0.131. The van der Waals surface area contributed by atoms with Gasteiger partial charge in [-0.25, -0.2) is 26.8 Å². The zero-order valence-corrected chi connectivity index (χ0v) is 19.8. The largest absolute Gasteiger partial charge is 0.409 e. The molecular weight excluding hydrogens is 589 g/mol. The van der Waals surface area contributed by atoms with Gasteiger partial charge in [0.25, 0.3) is 0 Å². The summed E-state index contributed by atoms with van der Waals surface area (Å²) in [6, 6.07) is -2.75. The maximum absolute atomic E-state index is 13.8. The maximum atomic E-state index is 13.8. The van der Waals surface area contributed by atoms with Crippen LogP contribution in [0.5, 0.6) is 0 Å². The Morgan fingerprint density at radius 3 is 1.03 bits per heavy atom. The summed E-state index contributed by atoms with van der Waals surface area (Å²) in [5.41, 5.74) is 0. The first-order valence-electron chi connectivity index (χ1n) is 9.58. The van der Waals surface area contributed by atoms with Crippen LogP contribution >= 0.6 is 7.75 Å². The average molecular weight is 609 g/mol. The van der Waals surface area contributed by atoms with Crippen LogP contribution < -0.4 is 0 Å². The molecule has 0 aliphatic rings. The van der Waals surface area contributed by atoms with E-state index < -0.39 is 81.4 Å². The number of hydrogen-bond acceptors (Lipinski definition) is 3. The molecule has 0 amide bonds. The van der Waals surface area contributed by atoms with Gasteiger partial charge < -0.3 is 0 Å². The molecule has 0 atom stereocenters. The lowest BCUT2D eigenvalue weighted by Gasteiger charge is -2.39. The fourth-order valence-corrected chi connectivity index (χ4v) is 4.72. The lowest BCUT2D eigenvalue weighted by atomic mass is 10.1. The Balaban J connectivity index is 6.38. The molecule has 0 aromatic heterocycles. The zero-order chi connectivity index (χ0) is 30.2. The highest BCUT2D eigenvalue weighted by molar-refractivity contribution is 7.51. The smallest absolute Gasteiger partial charge is 0.290 e. The normalized spacial score (nSPS) is 15.7. The Bertz CT molecular complexity index is 745. The van der Waals surface area contributed by atoms with Crippen LogP contribution in [0, 0.1) is 0 Å². The van der Waals surface area contributed by atoms with Crippen molar-refractivity contribution < 1.29 is 83.9 Å². The van der Waals surface area contributed by atoms with Crippen LogP contribution in [0.15, 0.2) is 0 Å². The molecule has 4 nitrogen and oxygen atoms in total. The van der Waals surface area contributed by atoms with E-state index in [2.05, 4.69) is 9.05 Å². The van der Waals surface area contributed by atoms with Crippen molar-refractivity contribution in [1.29, 1.82) is 0 Å². The summed E-state index contributed by atoms with van der Waals surface area (Å²) in [7, 11) is -6.08. The molecule has 0 unspecified atom stereocenters. The van der Waals surface area contributed by atoms with Gasteiger partial charge in [-0.1, -0.05) is 0 Å². The highest BCUT2D eigenvalue weighted by Crippen LogP contribution is 2.59. The maximum Gasteiger partial charge on any atom is 0.409 e. The van der Waals surface area contributed by atoms with E-state index in [4.69, 9.17) is 0 Å². The van der Waals surface area contributed by atoms with Crippen LogP contribution in [-0.2, 0) is 13.6 Å². The molecule has 0 heterocycles. The quantitative estimate of drug-likeness (QED) is 0.142. The van der Waals surface area contributed by atoms with E-state index in [9.17, 15) is 74.8 Å². The van der Waals surface area contributed by atoms with Crippen molar-refractivity contribution in [2.24, 2.45) is 0 Å². The van der Waals surface area contributed by atoms with Crippen LogP contribution in [0.3, 0.4) is 0 Å². The van der Waals surface area contributed by atoms with E-state index in [-0.39, 0.29) is 4.67 Å². The first kappa shape index (κ1) is 36.0. The van der Waals surface area contributed by atoms with E-state index in [0.717, 1.165) is 27.7 Å². The van der Waals surface area contributed by atoms with Crippen LogP contribution in [-0.4, -0.2) is 78.4 Å². The summed E-state index contributed by atoms with van der Waals surface area (Å²) in [6.07, 6.45) is -10.8. The molecule has 37 heavy (non-hydrogen) atoms. The summed E-state index contributed by atoms with van der Waals surface area (Å²) in [5.74, 6) is -40.0. The fraction of sp³-hybridized carbons (Fsp3) is 1.00. The van der Waals surface area contributed by atoms with E-state index in [1.54, 1.807) is 0 Å². The van der Waals surface area contributed by atoms with Crippen LogP contribution in [0.4, 0.5) is 70.2 Å². The second-order valence-electron chi connectivity index (χ2n) is 7.99. The molecule has 0 aromatic carbocycles. The predicted molar refractivity (Wildman–Crippen MR) is 93.3 cm³/mol. The van der Waals surface area contributed by atoms with Crippen molar-refractivity contribution >= 4 is 7.75 Å². The van der Waals surface area contributed by atoms with Crippen LogP contribution in [0.1, 0.15) is 27.7 Å². The Kier molecular flexibility index (Phi) is 10.9. The molecule has 0 saturated carbocycles. The minimum atomic E-state index is -6.93. The topological polar surface area (TPSA) is 38.8 Å². The third-order valence-corrected chi connectivity index (χ3v) is 6.86. The van der Waals surface area contributed by atoms with Gasteiger partial charge in [0.1, 0.15) is 13.2 Å². The summed E-state index contributed by atoms with van der Waals surface area (Å²) in [4.78, 5) is 0. The lowest BCUT2D eigenvalue weighted by molar-refractivity contribution is -0.345. The first-order chi connectivity index (χ1) is 16.1. The molecule has 0 saturated heterocycles. The molecule has 0 fully saturated rings. The first-order valence-corrected chi connectivity index (χ1v) is 11.1. The van der Waals surface area contributed by atoms with Gasteiger partial charge in [-0.05, 0) is 27.7 Å². The van der Waals surface area contributed by atoms with Gasteiger partial charge in [-0.3, -0.25) is 9.05 Å². The van der Waals surface area contributed by atoms with Crippen molar-refractivity contribution in [3.63, 3.8) is 0 Å². The predicted octanol–water partition coefficient (Wildman–Crippen LogP) is 7.59. The van der Waals surface area contributed by atoms with E-state index in [1.807, 2.05) is 0 Å². The third kappa shape index (κ3) is 6.77. The molecule has 21 heteroatoms. The summed E-state index contributed by atoms with van der Waals surface area (Å²) >= 11 is 0. The molecule has 0 radical (unpaired) electrons. The fourth-order valence-electron chi connectivity index (χ4n) is 2.60. The summed E-state index contributed by atoms with van der Waals surface area (Å²) in [5, 5.41) is 0. The molecule has 0 spiro atoms. The van der Waals surface area contributed by atoms with Gasteiger partial charge in [0.2, 0.25) is 0 Å². The van der Waals surface area contributed by atoms with Gasteiger partial charge in [0.15, 0.2) is 0 Å². The molecule has 0 aromatic rings. The van der Waals surface area contributed by atoms with E-state index in [0.29, 0.717) is 0 Å². The summed E-state index contributed by atoms with van der Waals surface area (Å²) in [6.45, 7) is -2.59. The summed E-state index contributed by atoms with van der Waals surface area (Å²) < 4.78 is 231. The Morgan fingerprint density at radius 2 is 0.838 bits per heavy atom. The monoisotopic (exact) mass is 609 g/mol. The van der Waals surface area contributed by atoms with E-state index in [1.165, 1.54) is 0 Å². The van der Waals surface area contributed by atoms with Gasteiger partial charge in [0.05, 0.1) is 0 Å². The van der Waals surface area contributed by atoms with Crippen molar-refractivity contribution in [2.45, 2.75) is 88.2 Å². The molecule has 0 aliphatic carbocycles. The molecule has 224 valence electrons. The number of rotatable bonds is 15. The lowest BCUT2D eigenvalue weighted by Crippen LogP contribution is -2.59. The number of nitrogens with zero attached hydrogens (tertiary/aromatic N) is 1.